The number of hydrogen-bond acceptors (Lipinski definition) is 2. The number of hydrogen-bond donors (Lipinski definition) is 1. The molecule has 3 nitrogen and oxygen atoms in total. The number of nitriles is 1. The average Bonchev–Trinajstić information content (AvgIpc) is 3.13. The Labute approximate surface area is 122 Å². The molecule has 19 heavy (non-hydrogen) atoms. The van der Waals surface area contributed by atoms with Gasteiger partial charge in [0.1, 0.15) is 6.42 Å². The van der Waals surface area contributed by atoms with Gasteiger partial charge in [0.2, 0.25) is 5.91 Å². The number of carbonyl (C=O) groups excluding carboxylic acids is 1. The Morgan fingerprint density at radius 1 is 1.53 bits per heavy atom. The summed E-state index contributed by atoms with van der Waals surface area (Å²) in [6.45, 7) is 0. The molecule has 2 rings (SSSR count). The third-order valence-corrected chi connectivity index (χ3v) is 3.78. The van der Waals surface area contributed by atoms with E-state index >= 15 is 0 Å². The van der Waals surface area contributed by atoms with Crippen LogP contribution in [0.1, 0.15) is 31.2 Å². The highest BCUT2D eigenvalue weighted by Gasteiger charge is 2.26. The zero-order chi connectivity index (χ0) is 13.7. The molecule has 0 bridgehead atoms. The monoisotopic (exact) mass is 320 g/mol. The number of halogens is 1. The van der Waals surface area contributed by atoms with Crippen LogP contribution in [-0.2, 0) is 11.2 Å². The maximum absolute atomic E-state index is 11.6. The lowest BCUT2D eigenvalue weighted by atomic mass is 10.0. The Bertz CT molecular complexity index is 491. The van der Waals surface area contributed by atoms with Crippen molar-refractivity contribution >= 4 is 21.8 Å². The number of nitrogens with one attached hydrogen (secondary N) is 1. The molecule has 0 radical (unpaired) electrons. The van der Waals surface area contributed by atoms with E-state index in [1.165, 1.54) is 18.4 Å². The van der Waals surface area contributed by atoms with Crippen LogP contribution in [-0.4, -0.2) is 11.9 Å². The Kier molecular flexibility index (Phi) is 4.98. The summed E-state index contributed by atoms with van der Waals surface area (Å²) in [6, 6.07) is 10.2. The number of benzene rings is 1. The highest BCUT2D eigenvalue weighted by Crippen LogP contribution is 2.34. The summed E-state index contributed by atoms with van der Waals surface area (Å²) in [5.41, 5.74) is 1.21. The van der Waals surface area contributed by atoms with E-state index < -0.39 is 0 Å². The first-order valence-electron chi connectivity index (χ1n) is 6.58. The van der Waals surface area contributed by atoms with Crippen LogP contribution in [0.25, 0.3) is 0 Å². The fourth-order valence-electron chi connectivity index (χ4n) is 2.25. The van der Waals surface area contributed by atoms with E-state index in [1.54, 1.807) is 0 Å². The van der Waals surface area contributed by atoms with Crippen molar-refractivity contribution in [3.63, 3.8) is 0 Å². The number of rotatable bonds is 6. The summed E-state index contributed by atoms with van der Waals surface area (Å²) < 4.78 is 1.05. The summed E-state index contributed by atoms with van der Waals surface area (Å²) in [7, 11) is 0. The van der Waals surface area contributed by atoms with Crippen LogP contribution in [0.5, 0.6) is 0 Å². The largest absolute Gasteiger partial charge is 0.352 e. The second-order valence-corrected chi connectivity index (χ2v) is 6.03. The van der Waals surface area contributed by atoms with Crippen molar-refractivity contribution in [3.05, 3.63) is 34.3 Å². The molecular weight excluding hydrogens is 304 g/mol. The molecule has 1 aliphatic rings. The van der Waals surface area contributed by atoms with Crippen molar-refractivity contribution in [3.8, 4) is 6.07 Å². The molecule has 1 aromatic rings. The Hall–Kier alpha value is -1.34. The molecule has 1 atom stereocenters. The lowest BCUT2D eigenvalue weighted by Gasteiger charge is -2.18. The fraction of sp³-hybridized carbons (Fsp3) is 0.467. The molecule has 0 aromatic heterocycles. The van der Waals surface area contributed by atoms with E-state index in [-0.39, 0.29) is 18.4 Å². The second-order valence-electron chi connectivity index (χ2n) is 5.11. The predicted molar refractivity (Wildman–Crippen MR) is 77.3 cm³/mol. The van der Waals surface area contributed by atoms with E-state index in [9.17, 15) is 4.79 Å². The van der Waals surface area contributed by atoms with Crippen molar-refractivity contribution in [2.24, 2.45) is 5.92 Å². The van der Waals surface area contributed by atoms with Crippen LogP contribution in [0.15, 0.2) is 28.7 Å². The first-order valence-corrected chi connectivity index (χ1v) is 7.37. The van der Waals surface area contributed by atoms with Gasteiger partial charge in [-0.1, -0.05) is 40.9 Å². The lowest BCUT2D eigenvalue weighted by molar-refractivity contribution is -0.120. The van der Waals surface area contributed by atoms with Crippen LogP contribution in [0, 0.1) is 17.2 Å². The summed E-state index contributed by atoms with van der Waals surface area (Å²) in [5, 5.41) is 11.5. The smallest absolute Gasteiger partial charge is 0.234 e. The van der Waals surface area contributed by atoms with Gasteiger partial charge in [-0.25, -0.2) is 0 Å². The second kappa shape index (κ2) is 6.72. The van der Waals surface area contributed by atoms with E-state index in [4.69, 9.17) is 5.26 Å². The number of carbonyl (C=O) groups is 1. The van der Waals surface area contributed by atoms with Crippen molar-refractivity contribution in [2.75, 3.05) is 0 Å². The Balaban J connectivity index is 1.96. The van der Waals surface area contributed by atoms with E-state index in [0.717, 1.165) is 23.2 Å². The molecule has 1 aliphatic carbocycles. The van der Waals surface area contributed by atoms with Gasteiger partial charge in [-0.15, -0.1) is 0 Å². The Morgan fingerprint density at radius 3 is 2.95 bits per heavy atom. The summed E-state index contributed by atoms with van der Waals surface area (Å²) in [6.07, 6.45) is 4.32. The molecule has 0 aliphatic heterocycles. The van der Waals surface area contributed by atoms with Gasteiger partial charge >= 0.3 is 0 Å². The first kappa shape index (κ1) is 14.1. The molecule has 0 saturated heterocycles. The van der Waals surface area contributed by atoms with Gasteiger partial charge in [0.05, 0.1) is 6.07 Å². The molecule has 0 spiro atoms. The highest BCUT2D eigenvalue weighted by atomic mass is 79.9. The molecule has 100 valence electrons. The predicted octanol–water partition coefficient (Wildman–Crippen LogP) is 3.19. The van der Waals surface area contributed by atoms with Gasteiger partial charge in [-0.3, -0.25) is 4.79 Å². The molecule has 4 heteroatoms. The van der Waals surface area contributed by atoms with Crippen molar-refractivity contribution in [1.82, 2.24) is 5.32 Å². The molecule has 0 heterocycles. The molecule has 1 N–H and O–H groups in total. The van der Waals surface area contributed by atoms with Crippen LogP contribution in [0.2, 0.25) is 0 Å². The fourth-order valence-corrected chi connectivity index (χ4v) is 2.69. The van der Waals surface area contributed by atoms with Crippen LogP contribution in [0.4, 0.5) is 0 Å². The zero-order valence-corrected chi connectivity index (χ0v) is 12.3. The van der Waals surface area contributed by atoms with E-state index in [0.29, 0.717) is 0 Å². The first-order chi connectivity index (χ1) is 9.17. The van der Waals surface area contributed by atoms with Gasteiger partial charge in [0, 0.05) is 10.5 Å². The molecule has 0 unspecified atom stereocenters. The van der Waals surface area contributed by atoms with Crippen LogP contribution >= 0.6 is 15.9 Å². The SMILES string of the molecule is N#CCC(=O)N[C@H](Cc1cccc(Br)c1)CC1CC1. The molecular formula is C15H17BrN2O. The minimum atomic E-state index is -0.164. The van der Waals surface area contributed by atoms with Crippen LogP contribution < -0.4 is 5.32 Å². The minimum absolute atomic E-state index is 0.0559. The zero-order valence-electron chi connectivity index (χ0n) is 10.7. The van der Waals surface area contributed by atoms with E-state index in [2.05, 4.69) is 33.4 Å². The third-order valence-electron chi connectivity index (χ3n) is 3.29. The summed E-state index contributed by atoms with van der Waals surface area (Å²) in [4.78, 5) is 11.6. The maximum atomic E-state index is 11.6. The van der Waals surface area contributed by atoms with Gasteiger partial charge in [0.15, 0.2) is 0 Å². The molecule has 1 fully saturated rings. The van der Waals surface area contributed by atoms with E-state index in [1.807, 2.05) is 18.2 Å². The van der Waals surface area contributed by atoms with Gasteiger partial charge in [-0.2, -0.15) is 5.26 Å². The standard InChI is InChI=1S/C15H17BrN2O/c16-13-3-1-2-12(8-13)10-14(9-11-4-5-11)18-15(19)6-7-17/h1-3,8,11,14H,4-6,9-10H2,(H,18,19)/t14-/m0/s1. The topological polar surface area (TPSA) is 52.9 Å². The maximum Gasteiger partial charge on any atom is 0.234 e. The number of amides is 1. The van der Waals surface area contributed by atoms with Gasteiger partial charge < -0.3 is 5.32 Å². The van der Waals surface area contributed by atoms with Gasteiger partial charge in [-0.05, 0) is 36.5 Å². The van der Waals surface area contributed by atoms with Crippen LogP contribution in [0.3, 0.4) is 0 Å². The Morgan fingerprint density at radius 2 is 2.32 bits per heavy atom. The number of nitrogens with zero attached hydrogens (tertiary/aromatic N) is 1. The summed E-state index contributed by atoms with van der Waals surface area (Å²) in [5.74, 6) is 0.586. The summed E-state index contributed by atoms with van der Waals surface area (Å²) >= 11 is 3.46. The third kappa shape index (κ3) is 5.04. The van der Waals surface area contributed by atoms with Gasteiger partial charge in [0.25, 0.3) is 0 Å². The average molecular weight is 321 g/mol. The lowest BCUT2D eigenvalue weighted by Crippen LogP contribution is -2.36. The molecule has 1 aromatic carbocycles. The van der Waals surface area contributed by atoms with Crippen molar-refractivity contribution in [1.29, 1.82) is 5.26 Å². The molecule has 1 saturated carbocycles. The highest BCUT2D eigenvalue weighted by molar-refractivity contribution is 9.10. The van der Waals surface area contributed by atoms with Crippen molar-refractivity contribution in [2.45, 2.75) is 38.1 Å². The van der Waals surface area contributed by atoms with Crippen molar-refractivity contribution < 1.29 is 4.79 Å². The normalized spacial score (nSPS) is 15.6. The molecule has 1 amide bonds. The minimum Gasteiger partial charge on any atom is -0.352 e. The quantitative estimate of drug-likeness (QED) is 0.875.